The van der Waals surface area contributed by atoms with Gasteiger partial charge in [-0.2, -0.15) is 0 Å². The second kappa shape index (κ2) is 4.14. The van der Waals surface area contributed by atoms with Crippen molar-refractivity contribution in [3.63, 3.8) is 0 Å². The molecule has 0 unspecified atom stereocenters. The van der Waals surface area contributed by atoms with Crippen LogP contribution in [0.1, 0.15) is 15.9 Å². The fourth-order valence-corrected chi connectivity index (χ4v) is 1.39. The van der Waals surface area contributed by atoms with E-state index >= 15 is 0 Å². The molecule has 0 saturated heterocycles. The zero-order chi connectivity index (χ0) is 11.5. The van der Waals surface area contributed by atoms with Crippen LogP contribution in [0.15, 0.2) is 45.6 Å². The average Bonchev–Trinajstić information content (AvgIpc) is 2.30. The molecule has 80 valence electrons. The summed E-state index contributed by atoms with van der Waals surface area (Å²) in [5.41, 5.74) is 1.39. The number of hydrogen-bond acceptors (Lipinski definition) is 3. The Labute approximate surface area is 92.3 Å². The first-order valence-electron chi connectivity index (χ1n) is 4.87. The molecule has 3 heteroatoms. The second-order valence-electron chi connectivity index (χ2n) is 3.53. The maximum absolute atomic E-state index is 11.3. The summed E-state index contributed by atoms with van der Waals surface area (Å²) in [5.74, 6) is 0.468. The van der Waals surface area contributed by atoms with Crippen LogP contribution in [0, 0.1) is 6.92 Å². The zero-order valence-corrected chi connectivity index (χ0v) is 8.77. The molecule has 0 atom stereocenters. The van der Waals surface area contributed by atoms with E-state index in [0.717, 1.165) is 11.1 Å². The van der Waals surface area contributed by atoms with Gasteiger partial charge in [-0.1, -0.05) is 29.8 Å². The van der Waals surface area contributed by atoms with Crippen LogP contribution in [0.3, 0.4) is 0 Å². The van der Waals surface area contributed by atoms with Gasteiger partial charge in [0.1, 0.15) is 5.76 Å². The highest BCUT2D eigenvalue weighted by atomic mass is 16.4. The number of carbonyl (C=O) groups is 1. The summed E-state index contributed by atoms with van der Waals surface area (Å²) in [7, 11) is 0. The van der Waals surface area contributed by atoms with Crippen molar-refractivity contribution in [2.45, 2.75) is 6.92 Å². The largest absolute Gasteiger partial charge is 0.422 e. The first-order chi connectivity index (χ1) is 7.70. The van der Waals surface area contributed by atoms with E-state index in [2.05, 4.69) is 0 Å². The van der Waals surface area contributed by atoms with Crippen LogP contribution >= 0.6 is 0 Å². The number of benzene rings is 1. The van der Waals surface area contributed by atoms with Crippen molar-refractivity contribution in [1.82, 2.24) is 0 Å². The predicted octanol–water partition coefficient (Wildman–Crippen LogP) is 2.43. The van der Waals surface area contributed by atoms with E-state index < -0.39 is 5.63 Å². The molecule has 0 saturated carbocycles. The molecule has 0 fully saturated rings. The van der Waals surface area contributed by atoms with Crippen molar-refractivity contribution >= 4 is 6.29 Å². The van der Waals surface area contributed by atoms with Crippen molar-refractivity contribution in [2.75, 3.05) is 0 Å². The van der Waals surface area contributed by atoms with E-state index in [0.29, 0.717) is 12.0 Å². The van der Waals surface area contributed by atoms with Crippen LogP contribution in [0.25, 0.3) is 11.3 Å². The third-order valence-electron chi connectivity index (χ3n) is 2.32. The molecule has 3 nitrogen and oxygen atoms in total. The molecule has 0 spiro atoms. The van der Waals surface area contributed by atoms with Gasteiger partial charge in [-0.25, -0.2) is 4.79 Å². The lowest BCUT2D eigenvalue weighted by atomic mass is 10.1. The Morgan fingerprint density at radius 1 is 1.06 bits per heavy atom. The molecule has 1 heterocycles. The van der Waals surface area contributed by atoms with E-state index in [9.17, 15) is 9.59 Å². The second-order valence-corrected chi connectivity index (χ2v) is 3.53. The maximum atomic E-state index is 11.3. The van der Waals surface area contributed by atoms with Gasteiger partial charge in [0.05, 0.1) is 5.56 Å². The summed E-state index contributed by atoms with van der Waals surface area (Å²) in [4.78, 5) is 21.8. The molecular weight excluding hydrogens is 204 g/mol. The van der Waals surface area contributed by atoms with Gasteiger partial charge in [0, 0.05) is 5.56 Å². The number of carbonyl (C=O) groups excluding carboxylic acids is 1. The highest BCUT2D eigenvalue weighted by Crippen LogP contribution is 2.18. The highest BCUT2D eigenvalue weighted by Gasteiger charge is 2.04. The summed E-state index contributed by atoms with van der Waals surface area (Å²) in [5, 5.41) is 0. The lowest BCUT2D eigenvalue weighted by Crippen LogP contribution is -2.05. The summed E-state index contributed by atoms with van der Waals surface area (Å²) >= 11 is 0. The standard InChI is InChI=1S/C13H10O3/c1-9-2-4-10(5-3-9)12-7-6-11(8-14)13(15)16-12/h2-8H,1H3. The summed E-state index contributed by atoms with van der Waals surface area (Å²) in [6.07, 6.45) is 0.491. The fraction of sp³-hybridized carbons (Fsp3) is 0.0769. The van der Waals surface area contributed by atoms with Gasteiger partial charge in [0.25, 0.3) is 0 Å². The Hall–Kier alpha value is -2.16. The van der Waals surface area contributed by atoms with Gasteiger partial charge in [-0.3, -0.25) is 4.79 Å². The van der Waals surface area contributed by atoms with E-state index in [1.165, 1.54) is 6.07 Å². The molecule has 0 amide bonds. The Balaban J connectivity index is 2.49. The van der Waals surface area contributed by atoms with Crippen molar-refractivity contribution in [3.8, 4) is 11.3 Å². The van der Waals surface area contributed by atoms with Crippen LogP contribution in [-0.2, 0) is 0 Å². The van der Waals surface area contributed by atoms with Crippen LogP contribution in [0.4, 0.5) is 0 Å². The Kier molecular flexibility index (Phi) is 2.68. The lowest BCUT2D eigenvalue weighted by Gasteiger charge is -2.00. The van der Waals surface area contributed by atoms with Crippen LogP contribution in [0.5, 0.6) is 0 Å². The third kappa shape index (κ3) is 1.93. The van der Waals surface area contributed by atoms with Gasteiger partial charge in [-0.15, -0.1) is 0 Å². The summed E-state index contributed by atoms with van der Waals surface area (Å²) < 4.78 is 5.04. The van der Waals surface area contributed by atoms with E-state index in [4.69, 9.17) is 4.42 Å². The van der Waals surface area contributed by atoms with E-state index in [-0.39, 0.29) is 5.56 Å². The highest BCUT2D eigenvalue weighted by molar-refractivity contribution is 5.74. The molecule has 2 rings (SSSR count). The topological polar surface area (TPSA) is 47.3 Å². The molecule has 0 bridgehead atoms. The van der Waals surface area contributed by atoms with Crippen molar-refractivity contribution in [1.29, 1.82) is 0 Å². The maximum Gasteiger partial charge on any atom is 0.346 e. The quantitative estimate of drug-likeness (QED) is 0.721. The molecule has 0 aliphatic carbocycles. The number of hydrogen-bond donors (Lipinski definition) is 0. The third-order valence-corrected chi connectivity index (χ3v) is 2.32. The normalized spacial score (nSPS) is 10.1. The summed E-state index contributed by atoms with van der Waals surface area (Å²) in [6.45, 7) is 1.98. The van der Waals surface area contributed by atoms with Gasteiger partial charge in [0.15, 0.2) is 6.29 Å². The van der Waals surface area contributed by atoms with Crippen molar-refractivity contribution in [2.24, 2.45) is 0 Å². The molecule has 0 radical (unpaired) electrons. The van der Waals surface area contributed by atoms with Crippen molar-refractivity contribution < 1.29 is 9.21 Å². The van der Waals surface area contributed by atoms with Crippen LogP contribution in [0.2, 0.25) is 0 Å². The first kappa shape index (κ1) is 10.4. The first-order valence-corrected chi connectivity index (χ1v) is 4.87. The zero-order valence-electron chi connectivity index (χ0n) is 8.77. The Morgan fingerprint density at radius 2 is 1.75 bits per heavy atom. The lowest BCUT2D eigenvalue weighted by molar-refractivity contribution is 0.112. The van der Waals surface area contributed by atoms with E-state index in [1.54, 1.807) is 6.07 Å². The van der Waals surface area contributed by atoms with Gasteiger partial charge in [-0.05, 0) is 19.1 Å². The molecule has 1 aromatic heterocycles. The SMILES string of the molecule is Cc1ccc(-c2ccc(C=O)c(=O)o2)cc1. The van der Waals surface area contributed by atoms with E-state index in [1.807, 2.05) is 31.2 Å². The molecular formula is C13H10O3. The predicted molar refractivity (Wildman–Crippen MR) is 60.5 cm³/mol. The molecule has 1 aromatic carbocycles. The minimum absolute atomic E-state index is 0.0378. The van der Waals surface area contributed by atoms with Crippen LogP contribution in [-0.4, -0.2) is 6.29 Å². The Morgan fingerprint density at radius 3 is 2.31 bits per heavy atom. The molecule has 0 N–H and O–H groups in total. The minimum atomic E-state index is -0.604. The molecule has 2 aromatic rings. The number of aldehydes is 1. The Bertz CT molecular complexity index is 564. The monoisotopic (exact) mass is 214 g/mol. The van der Waals surface area contributed by atoms with Gasteiger partial charge < -0.3 is 4.42 Å². The van der Waals surface area contributed by atoms with Crippen molar-refractivity contribution in [3.05, 3.63) is 57.9 Å². The van der Waals surface area contributed by atoms with Gasteiger partial charge in [0.2, 0.25) is 0 Å². The molecule has 0 aliphatic heterocycles. The smallest absolute Gasteiger partial charge is 0.346 e. The summed E-state index contributed by atoms with van der Waals surface area (Å²) in [6, 6.07) is 10.7. The average molecular weight is 214 g/mol. The fourth-order valence-electron chi connectivity index (χ4n) is 1.39. The van der Waals surface area contributed by atoms with Gasteiger partial charge >= 0.3 is 5.63 Å². The minimum Gasteiger partial charge on any atom is -0.422 e. The number of rotatable bonds is 2. The number of aryl methyl sites for hydroxylation is 1. The molecule has 0 aliphatic rings. The van der Waals surface area contributed by atoms with Crippen LogP contribution < -0.4 is 5.63 Å². The molecule has 16 heavy (non-hydrogen) atoms.